The van der Waals surface area contributed by atoms with Gasteiger partial charge < -0.3 is 10.6 Å². The number of piperidine rings is 1. The number of benzene rings is 1. The minimum absolute atomic E-state index is 0.0288. The zero-order valence-electron chi connectivity index (χ0n) is 12.6. The average molecular weight is 346 g/mol. The first-order chi connectivity index (χ1) is 10.3. The maximum Gasteiger partial charge on any atom is 0.319 e. The lowest BCUT2D eigenvalue weighted by atomic mass is 10.1. The number of carbonyl (C=O) groups is 1. The van der Waals surface area contributed by atoms with Crippen LogP contribution in [0.4, 0.5) is 10.5 Å². The Hall–Kier alpha value is -1.31. The molecule has 0 spiro atoms. The highest BCUT2D eigenvalue weighted by Crippen LogP contribution is 2.20. The van der Waals surface area contributed by atoms with Crippen molar-refractivity contribution in [3.05, 3.63) is 28.8 Å². The predicted molar refractivity (Wildman–Crippen MR) is 87.8 cm³/mol. The number of halogens is 1. The van der Waals surface area contributed by atoms with Crippen molar-refractivity contribution < 1.29 is 13.2 Å². The minimum atomic E-state index is -3.14. The van der Waals surface area contributed by atoms with Crippen LogP contribution in [0.5, 0.6) is 0 Å². The predicted octanol–water partition coefficient (Wildman–Crippen LogP) is 2.19. The Kier molecular flexibility index (Phi) is 5.31. The lowest BCUT2D eigenvalue weighted by molar-refractivity contribution is 0.238. The number of hydrogen-bond acceptors (Lipinski definition) is 3. The van der Waals surface area contributed by atoms with E-state index in [1.807, 2.05) is 13.0 Å². The first kappa shape index (κ1) is 17.1. The van der Waals surface area contributed by atoms with E-state index in [9.17, 15) is 13.2 Å². The third-order valence-corrected chi connectivity index (χ3v) is 5.40. The molecule has 22 heavy (non-hydrogen) atoms. The van der Waals surface area contributed by atoms with E-state index in [2.05, 4.69) is 10.6 Å². The number of hydrogen-bond donors (Lipinski definition) is 2. The molecule has 0 aromatic heterocycles. The quantitative estimate of drug-likeness (QED) is 0.881. The molecule has 6 nitrogen and oxygen atoms in total. The summed E-state index contributed by atoms with van der Waals surface area (Å²) in [5.41, 5.74) is 1.57. The molecule has 0 unspecified atom stereocenters. The van der Waals surface area contributed by atoms with Crippen LogP contribution in [-0.2, 0) is 10.0 Å². The SMILES string of the molecule is Cc1ccc(NC(=O)NC2CCN(S(C)(=O)=O)CC2)cc1Cl. The topological polar surface area (TPSA) is 78.5 Å². The smallest absolute Gasteiger partial charge is 0.319 e. The van der Waals surface area contributed by atoms with Crippen LogP contribution in [0.1, 0.15) is 18.4 Å². The van der Waals surface area contributed by atoms with Crippen LogP contribution in [0, 0.1) is 6.92 Å². The van der Waals surface area contributed by atoms with Crippen LogP contribution in [0.25, 0.3) is 0 Å². The summed E-state index contributed by atoms with van der Waals surface area (Å²) in [4.78, 5) is 12.0. The second-order valence-corrected chi connectivity index (χ2v) is 7.89. The van der Waals surface area contributed by atoms with Crippen molar-refractivity contribution in [3.63, 3.8) is 0 Å². The van der Waals surface area contributed by atoms with Crippen LogP contribution in [0.3, 0.4) is 0 Å². The molecule has 1 aromatic rings. The van der Waals surface area contributed by atoms with E-state index < -0.39 is 10.0 Å². The maximum absolute atomic E-state index is 12.0. The minimum Gasteiger partial charge on any atom is -0.335 e. The number of carbonyl (C=O) groups excluding carboxylic acids is 1. The zero-order chi connectivity index (χ0) is 16.3. The first-order valence-electron chi connectivity index (χ1n) is 7.04. The molecule has 0 aliphatic carbocycles. The maximum atomic E-state index is 12.0. The molecular weight excluding hydrogens is 326 g/mol. The Labute approximate surface area is 135 Å². The normalized spacial score (nSPS) is 17.2. The zero-order valence-corrected chi connectivity index (χ0v) is 14.2. The molecule has 1 aliphatic rings. The number of amides is 2. The van der Waals surface area contributed by atoms with Crippen molar-refractivity contribution in [2.75, 3.05) is 24.7 Å². The van der Waals surface area contributed by atoms with Crippen LogP contribution >= 0.6 is 11.6 Å². The molecule has 8 heteroatoms. The number of nitrogens with one attached hydrogen (secondary N) is 2. The van der Waals surface area contributed by atoms with E-state index in [1.54, 1.807) is 12.1 Å². The van der Waals surface area contributed by atoms with E-state index in [4.69, 9.17) is 11.6 Å². The van der Waals surface area contributed by atoms with Gasteiger partial charge >= 0.3 is 6.03 Å². The van der Waals surface area contributed by atoms with Crippen molar-refractivity contribution in [3.8, 4) is 0 Å². The number of sulfonamides is 1. The number of urea groups is 1. The molecule has 0 radical (unpaired) electrons. The third-order valence-electron chi connectivity index (χ3n) is 3.69. The monoisotopic (exact) mass is 345 g/mol. The van der Waals surface area contributed by atoms with Crippen LogP contribution in [0.15, 0.2) is 18.2 Å². The van der Waals surface area contributed by atoms with Gasteiger partial charge in [0.25, 0.3) is 0 Å². The van der Waals surface area contributed by atoms with Gasteiger partial charge in [0.2, 0.25) is 10.0 Å². The van der Waals surface area contributed by atoms with Crippen molar-refractivity contribution in [2.45, 2.75) is 25.8 Å². The van der Waals surface area contributed by atoms with E-state index in [0.29, 0.717) is 36.6 Å². The van der Waals surface area contributed by atoms with Crippen molar-refractivity contribution in [2.24, 2.45) is 0 Å². The molecule has 122 valence electrons. The lowest BCUT2D eigenvalue weighted by Gasteiger charge is -2.30. The molecule has 1 saturated heterocycles. The molecule has 0 atom stereocenters. The number of anilines is 1. The largest absolute Gasteiger partial charge is 0.335 e. The van der Waals surface area contributed by atoms with Gasteiger partial charge in [-0.15, -0.1) is 0 Å². The first-order valence-corrected chi connectivity index (χ1v) is 9.27. The van der Waals surface area contributed by atoms with Gasteiger partial charge in [0, 0.05) is 29.8 Å². The molecular formula is C14H20ClN3O3S. The molecule has 1 fully saturated rings. The summed E-state index contributed by atoms with van der Waals surface area (Å²) >= 11 is 6.01. The third kappa shape index (κ3) is 4.59. The van der Waals surface area contributed by atoms with E-state index >= 15 is 0 Å². The molecule has 2 rings (SSSR count). The molecule has 0 bridgehead atoms. The van der Waals surface area contributed by atoms with Crippen molar-refractivity contribution in [1.82, 2.24) is 9.62 Å². The summed E-state index contributed by atoms with van der Waals surface area (Å²) in [5, 5.41) is 6.19. The summed E-state index contributed by atoms with van der Waals surface area (Å²) < 4.78 is 24.3. The van der Waals surface area contributed by atoms with Gasteiger partial charge in [0.05, 0.1) is 6.26 Å². The number of aryl methyl sites for hydroxylation is 1. The fourth-order valence-electron chi connectivity index (χ4n) is 2.35. The number of nitrogens with zero attached hydrogens (tertiary/aromatic N) is 1. The Balaban J connectivity index is 1.84. The molecule has 1 aliphatic heterocycles. The van der Waals surface area contributed by atoms with Crippen LogP contribution in [-0.4, -0.2) is 44.1 Å². The molecule has 0 saturated carbocycles. The standard InChI is InChI=1S/C14H20ClN3O3S/c1-10-3-4-12(9-13(10)15)17-14(19)16-11-5-7-18(8-6-11)22(2,20)21/h3-4,9,11H,5-8H2,1-2H3,(H2,16,17,19). The van der Waals surface area contributed by atoms with E-state index in [1.165, 1.54) is 10.6 Å². The highest BCUT2D eigenvalue weighted by Gasteiger charge is 2.25. The Morgan fingerprint density at radius 3 is 2.50 bits per heavy atom. The van der Waals surface area contributed by atoms with Crippen LogP contribution < -0.4 is 10.6 Å². The fourth-order valence-corrected chi connectivity index (χ4v) is 3.41. The highest BCUT2D eigenvalue weighted by molar-refractivity contribution is 7.88. The van der Waals surface area contributed by atoms with Gasteiger partial charge in [0.1, 0.15) is 0 Å². The van der Waals surface area contributed by atoms with Gasteiger partial charge in [-0.1, -0.05) is 17.7 Å². The molecule has 2 amide bonds. The van der Waals surface area contributed by atoms with Crippen molar-refractivity contribution in [1.29, 1.82) is 0 Å². The van der Waals surface area contributed by atoms with Gasteiger partial charge in [0.15, 0.2) is 0 Å². The highest BCUT2D eigenvalue weighted by atomic mass is 35.5. The second kappa shape index (κ2) is 6.85. The van der Waals surface area contributed by atoms with Crippen LogP contribution in [0.2, 0.25) is 5.02 Å². The average Bonchev–Trinajstić information content (AvgIpc) is 2.42. The fraction of sp³-hybridized carbons (Fsp3) is 0.500. The summed E-state index contributed by atoms with van der Waals surface area (Å²) in [6, 6.07) is 4.98. The van der Waals surface area contributed by atoms with E-state index in [-0.39, 0.29) is 12.1 Å². The van der Waals surface area contributed by atoms with Gasteiger partial charge in [-0.2, -0.15) is 0 Å². The van der Waals surface area contributed by atoms with Gasteiger partial charge in [-0.3, -0.25) is 0 Å². The Morgan fingerprint density at radius 1 is 1.32 bits per heavy atom. The summed E-state index contributed by atoms with van der Waals surface area (Å²) in [6.45, 7) is 2.75. The Morgan fingerprint density at radius 2 is 1.95 bits per heavy atom. The summed E-state index contributed by atoms with van der Waals surface area (Å²) in [5.74, 6) is 0. The molecule has 2 N–H and O–H groups in total. The van der Waals surface area contributed by atoms with Crippen molar-refractivity contribution >= 4 is 33.3 Å². The molecule has 1 aromatic carbocycles. The van der Waals surface area contributed by atoms with Gasteiger partial charge in [-0.05, 0) is 37.5 Å². The second-order valence-electron chi connectivity index (χ2n) is 5.50. The van der Waals surface area contributed by atoms with Gasteiger partial charge in [-0.25, -0.2) is 17.5 Å². The Bertz CT molecular complexity index is 655. The summed E-state index contributed by atoms with van der Waals surface area (Å²) in [6.07, 6.45) is 2.42. The molecule has 1 heterocycles. The van der Waals surface area contributed by atoms with E-state index in [0.717, 1.165) is 5.56 Å². The summed E-state index contributed by atoms with van der Waals surface area (Å²) in [7, 11) is -3.14. The number of rotatable bonds is 3. The lowest BCUT2D eigenvalue weighted by Crippen LogP contribution is -2.47.